The Balaban J connectivity index is 2.97. The van der Waals surface area contributed by atoms with E-state index >= 15 is 0 Å². The van der Waals surface area contributed by atoms with Gasteiger partial charge in [-0.3, -0.25) is 4.79 Å². The summed E-state index contributed by atoms with van der Waals surface area (Å²) in [4.78, 5) is 27.0. The summed E-state index contributed by atoms with van der Waals surface area (Å²) in [6.07, 6.45) is 4.38. The summed E-state index contributed by atoms with van der Waals surface area (Å²) in [6.45, 7) is 3.42. The van der Waals surface area contributed by atoms with E-state index in [2.05, 4.69) is 0 Å². The maximum Gasteiger partial charge on any atom is 0.320 e. The Morgan fingerprint density at radius 2 is 1.67 bits per heavy atom. The van der Waals surface area contributed by atoms with Gasteiger partial charge in [0.25, 0.3) is 0 Å². The van der Waals surface area contributed by atoms with Crippen molar-refractivity contribution in [2.24, 2.45) is 0 Å². The summed E-state index contributed by atoms with van der Waals surface area (Å²) >= 11 is 0. The lowest BCUT2D eigenvalue weighted by atomic mass is 9.78. The summed E-state index contributed by atoms with van der Waals surface area (Å²) in [5, 5.41) is 18.6. The van der Waals surface area contributed by atoms with Gasteiger partial charge in [0.05, 0.1) is 24.1 Å². The van der Waals surface area contributed by atoms with Crippen LogP contribution in [-0.4, -0.2) is 63.8 Å². The van der Waals surface area contributed by atoms with Crippen molar-refractivity contribution in [1.29, 1.82) is 0 Å². The molecule has 1 aliphatic rings. The summed E-state index contributed by atoms with van der Waals surface area (Å²) in [7, 11) is 3.33. The molecule has 1 fully saturated rings. The highest BCUT2D eigenvalue weighted by Gasteiger charge is 2.42. The maximum absolute atomic E-state index is 12.7. The van der Waals surface area contributed by atoms with Crippen molar-refractivity contribution in [2.75, 3.05) is 20.7 Å². The highest BCUT2D eigenvalue weighted by atomic mass is 16.4. The van der Waals surface area contributed by atoms with Crippen LogP contribution in [-0.2, 0) is 4.79 Å². The number of aliphatic carboxylic acids is 1. The van der Waals surface area contributed by atoms with Gasteiger partial charge in [-0.25, -0.2) is 4.79 Å². The Hall–Kier alpha value is -1.30. The average Bonchev–Trinajstić information content (AvgIpc) is 2.45. The second-order valence-electron chi connectivity index (χ2n) is 6.73. The molecule has 2 amide bonds. The second kappa shape index (κ2) is 6.64. The molecule has 21 heavy (non-hydrogen) atoms. The van der Waals surface area contributed by atoms with Crippen LogP contribution >= 0.6 is 0 Å². The fourth-order valence-electron chi connectivity index (χ4n) is 2.92. The summed E-state index contributed by atoms with van der Waals surface area (Å²) in [5.74, 6) is -0.874. The number of carboxylic acid groups (broad SMARTS) is 1. The Morgan fingerprint density at radius 1 is 1.14 bits per heavy atom. The topological polar surface area (TPSA) is 81.1 Å². The summed E-state index contributed by atoms with van der Waals surface area (Å²) < 4.78 is 0. The third-order valence-corrected chi connectivity index (χ3v) is 4.84. The van der Waals surface area contributed by atoms with Crippen LogP contribution in [0, 0.1) is 0 Å². The monoisotopic (exact) mass is 300 g/mol. The van der Waals surface area contributed by atoms with E-state index < -0.39 is 17.0 Å². The molecule has 1 rings (SSSR count). The van der Waals surface area contributed by atoms with Crippen LogP contribution in [0.4, 0.5) is 4.79 Å². The molecule has 0 aliphatic heterocycles. The molecular weight excluding hydrogens is 272 g/mol. The van der Waals surface area contributed by atoms with E-state index in [4.69, 9.17) is 0 Å². The van der Waals surface area contributed by atoms with Crippen molar-refractivity contribution >= 4 is 12.0 Å². The Labute approximate surface area is 126 Å². The highest BCUT2D eigenvalue weighted by Crippen LogP contribution is 2.36. The number of hydrogen-bond acceptors (Lipinski definition) is 3. The average molecular weight is 300 g/mol. The highest BCUT2D eigenvalue weighted by molar-refractivity contribution is 5.77. The van der Waals surface area contributed by atoms with Gasteiger partial charge in [-0.05, 0) is 26.7 Å². The SMILES string of the molecule is CN(C(=O)N(C)C1(CC(=O)O)CCCCC1)C(C)(C)CO. The fraction of sp³-hybridized carbons (Fsp3) is 0.867. The predicted molar refractivity (Wildman–Crippen MR) is 80.2 cm³/mol. The van der Waals surface area contributed by atoms with E-state index in [1.165, 1.54) is 4.90 Å². The zero-order valence-electron chi connectivity index (χ0n) is 13.6. The minimum absolute atomic E-state index is 0.0252. The molecule has 0 heterocycles. The molecule has 0 unspecified atom stereocenters. The first kappa shape index (κ1) is 17.8. The van der Waals surface area contributed by atoms with Crippen molar-refractivity contribution in [3.8, 4) is 0 Å². The molecule has 0 atom stereocenters. The molecule has 0 spiro atoms. The van der Waals surface area contributed by atoms with Gasteiger partial charge in [0.15, 0.2) is 0 Å². The van der Waals surface area contributed by atoms with Crippen LogP contribution in [0.3, 0.4) is 0 Å². The lowest BCUT2D eigenvalue weighted by Crippen LogP contribution is -2.59. The number of carbonyl (C=O) groups is 2. The number of carboxylic acids is 1. The Kier molecular flexibility index (Phi) is 5.61. The van der Waals surface area contributed by atoms with Gasteiger partial charge in [0.1, 0.15) is 0 Å². The summed E-state index contributed by atoms with van der Waals surface area (Å²) in [5.41, 5.74) is -1.29. The van der Waals surface area contributed by atoms with Crippen LogP contribution in [0.5, 0.6) is 0 Å². The molecule has 0 saturated heterocycles. The van der Waals surface area contributed by atoms with Crippen molar-refractivity contribution in [1.82, 2.24) is 9.80 Å². The number of hydrogen-bond donors (Lipinski definition) is 2. The van der Waals surface area contributed by atoms with Gasteiger partial charge < -0.3 is 20.0 Å². The van der Waals surface area contributed by atoms with Gasteiger partial charge in [0, 0.05) is 14.1 Å². The first-order chi connectivity index (χ1) is 9.66. The minimum atomic E-state index is -0.874. The minimum Gasteiger partial charge on any atom is -0.481 e. The molecule has 0 radical (unpaired) electrons. The first-order valence-corrected chi connectivity index (χ1v) is 7.50. The van der Waals surface area contributed by atoms with Crippen LogP contribution in [0.15, 0.2) is 0 Å². The van der Waals surface area contributed by atoms with Crippen molar-refractivity contribution in [3.63, 3.8) is 0 Å². The van der Waals surface area contributed by atoms with Crippen LogP contribution < -0.4 is 0 Å². The van der Waals surface area contributed by atoms with E-state index in [0.29, 0.717) is 0 Å². The van der Waals surface area contributed by atoms with Gasteiger partial charge in [-0.1, -0.05) is 19.3 Å². The molecule has 1 saturated carbocycles. The zero-order chi connectivity index (χ0) is 16.3. The van der Waals surface area contributed by atoms with Gasteiger partial charge in [0.2, 0.25) is 0 Å². The smallest absolute Gasteiger partial charge is 0.320 e. The Bertz CT molecular complexity index is 389. The van der Waals surface area contributed by atoms with E-state index in [9.17, 15) is 19.8 Å². The zero-order valence-corrected chi connectivity index (χ0v) is 13.6. The number of aliphatic hydroxyl groups is 1. The van der Waals surface area contributed by atoms with Gasteiger partial charge >= 0.3 is 12.0 Å². The predicted octanol–water partition coefficient (Wildman–Crippen LogP) is 1.92. The van der Waals surface area contributed by atoms with Crippen molar-refractivity contribution in [3.05, 3.63) is 0 Å². The number of aliphatic hydroxyl groups excluding tert-OH is 1. The summed E-state index contributed by atoms with van der Waals surface area (Å²) in [6, 6.07) is -0.239. The first-order valence-electron chi connectivity index (χ1n) is 7.50. The van der Waals surface area contributed by atoms with E-state index in [1.807, 2.05) is 0 Å². The lowest BCUT2D eigenvalue weighted by Gasteiger charge is -2.47. The third kappa shape index (κ3) is 3.87. The van der Waals surface area contributed by atoms with Crippen LogP contribution in [0.1, 0.15) is 52.4 Å². The number of likely N-dealkylation sites (N-methyl/N-ethyl adjacent to an activating group) is 1. The normalized spacial score (nSPS) is 18.1. The number of amides is 2. The maximum atomic E-state index is 12.7. The van der Waals surface area contributed by atoms with Crippen molar-refractivity contribution < 1.29 is 19.8 Å². The standard InChI is InChI=1S/C15H28N2O4/c1-14(2,11-18)16(3)13(21)17(4)15(10-12(19)20)8-6-5-7-9-15/h18H,5-11H2,1-4H3,(H,19,20). The molecule has 2 N–H and O–H groups in total. The largest absolute Gasteiger partial charge is 0.481 e. The third-order valence-electron chi connectivity index (χ3n) is 4.84. The molecule has 1 aliphatic carbocycles. The van der Waals surface area contributed by atoms with E-state index in [1.54, 1.807) is 32.8 Å². The van der Waals surface area contributed by atoms with Crippen LogP contribution in [0.25, 0.3) is 0 Å². The molecule has 0 bridgehead atoms. The van der Waals surface area contributed by atoms with Gasteiger partial charge in [-0.15, -0.1) is 0 Å². The number of urea groups is 1. The second-order valence-corrected chi connectivity index (χ2v) is 6.73. The lowest BCUT2D eigenvalue weighted by molar-refractivity contribution is -0.140. The molecule has 122 valence electrons. The molecule has 6 heteroatoms. The number of carbonyl (C=O) groups excluding carboxylic acids is 1. The fourth-order valence-corrected chi connectivity index (χ4v) is 2.92. The molecule has 0 aromatic carbocycles. The number of nitrogens with zero attached hydrogens (tertiary/aromatic N) is 2. The van der Waals surface area contributed by atoms with Crippen LogP contribution in [0.2, 0.25) is 0 Å². The molecule has 0 aromatic rings. The molecule has 0 aromatic heterocycles. The van der Waals surface area contributed by atoms with E-state index in [0.717, 1.165) is 32.1 Å². The Morgan fingerprint density at radius 3 is 2.10 bits per heavy atom. The van der Waals surface area contributed by atoms with Crippen molar-refractivity contribution in [2.45, 2.75) is 63.5 Å². The number of rotatable bonds is 5. The molecule has 6 nitrogen and oxygen atoms in total. The van der Waals surface area contributed by atoms with E-state index in [-0.39, 0.29) is 19.1 Å². The molecular formula is C15H28N2O4. The van der Waals surface area contributed by atoms with Gasteiger partial charge in [-0.2, -0.15) is 0 Å². The quantitative estimate of drug-likeness (QED) is 0.813.